The van der Waals surface area contributed by atoms with Gasteiger partial charge in [0.1, 0.15) is 0 Å². The molecular formula is C7H11BrN2. The Morgan fingerprint density at radius 2 is 2.20 bits per heavy atom. The highest BCUT2D eigenvalue weighted by atomic mass is 79.9. The first-order chi connectivity index (χ1) is 4.61. The number of hydrogen-bond acceptors (Lipinski definition) is 1. The third-order valence-electron chi connectivity index (χ3n) is 1.39. The molecule has 1 heterocycles. The van der Waals surface area contributed by atoms with Gasteiger partial charge in [0.05, 0.1) is 10.2 Å². The molecule has 0 amide bonds. The average molecular weight is 203 g/mol. The molecule has 0 unspecified atom stereocenters. The van der Waals surface area contributed by atoms with Crippen LogP contribution in [-0.4, -0.2) is 9.78 Å². The lowest BCUT2D eigenvalue weighted by atomic mass is 10.4. The summed E-state index contributed by atoms with van der Waals surface area (Å²) in [5.41, 5.74) is 1.05. The molecule has 2 nitrogen and oxygen atoms in total. The Labute approximate surface area is 69.4 Å². The zero-order valence-electron chi connectivity index (χ0n) is 6.43. The van der Waals surface area contributed by atoms with Crippen LogP contribution in [-0.2, 0) is 0 Å². The number of halogens is 1. The zero-order valence-corrected chi connectivity index (χ0v) is 8.01. The van der Waals surface area contributed by atoms with E-state index in [0.717, 1.165) is 10.2 Å². The van der Waals surface area contributed by atoms with Crippen molar-refractivity contribution in [2.75, 3.05) is 0 Å². The molecule has 1 aromatic heterocycles. The van der Waals surface area contributed by atoms with Crippen molar-refractivity contribution in [1.82, 2.24) is 9.78 Å². The summed E-state index contributed by atoms with van der Waals surface area (Å²) in [6.45, 7) is 6.21. The number of rotatable bonds is 1. The van der Waals surface area contributed by atoms with Gasteiger partial charge in [-0.15, -0.1) is 0 Å². The number of aromatic nitrogens is 2. The molecule has 0 aliphatic carbocycles. The molecular weight excluding hydrogens is 192 g/mol. The van der Waals surface area contributed by atoms with Crippen LogP contribution < -0.4 is 0 Å². The summed E-state index contributed by atoms with van der Waals surface area (Å²) in [7, 11) is 0. The highest BCUT2D eigenvalue weighted by molar-refractivity contribution is 9.10. The van der Waals surface area contributed by atoms with Crippen LogP contribution in [0.3, 0.4) is 0 Å². The van der Waals surface area contributed by atoms with Crippen molar-refractivity contribution in [2.45, 2.75) is 26.8 Å². The van der Waals surface area contributed by atoms with Gasteiger partial charge in [-0.1, -0.05) is 0 Å². The fourth-order valence-corrected chi connectivity index (χ4v) is 1.01. The monoisotopic (exact) mass is 202 g/mol. The summed E-state index contributed by atoms with van der Waals surface area (Å²) < 4.78 is 3.03. The Hall–Kier alpha value is -0.310. The van der Waals surface area contributed by atoms with E-state index >= 15 is 0 Å². The van der Waals surface area contributed by atoms with Crippen molar-refractivity contribution in [3.8, 4) is 0 Å². The van der Waals surface area contributed by atoms with E-state index in [-0.39, 0.29) is 0 Å². The first-order valence-corrected chi connectivity index (χ1v) is 4.12. The third-order valence-corrected chi connectivity index (χ3v) is 2.16. The molecule has 0 aliphatic rings. The van der Waals surface area contributed by atoms with E-state index in [1.807, 2.05) is 17.8 Å². The van der Waals surface area contributed by atoms with Crippen molar-refractivity contribution in [2.24, 2.45) is 0 Å². The molecule has 3 heteroatoms. The fourth-order valence-electron chi connectivity index (χ4n) is 0.724. The van der Waals surface area contributed by atoms with Gasteiger partial charge >= 0.3 is 0 Å². The topological polar surface area (TPSA) is 17.8 Å². The molecule has 0 radical (unpaired) electrons. The average Bonchev–Trinajstić information content (AvgIpc) is 2.13. The maximum atomic E-state index is 4.28. The summed E-state index contributed by atoms with van der Waals surface area (Å²) in [6, 6.07) is 0.449. The highest BCUT2D eigenvalue weighted by Gasteiger charge is 2.02. The second kappa shape index (κ2) is 2.74. The lowest BCUT2D eigenvalue weighted by Gasteiger charge is -2.02. The lowest BCUT2D eigenvalue weighted by molar-refractivity contribution is 0.529. The van der Waals surface area contributed by atoms with Crippen molar-refractivity contribution in [1.29, 1.82) is 0 Å². The minimum Gasteiger partial charge on any atom is -0.269 e. The van der Waals surface area contributed by atoms with Gasteiger partial charge in [0.2, 0.25) is 0 Å². The van der Waals surface area contributed by atoms with Crippen molar-refractivity contribution >= 4 is 15.9 Å². The van der Waals surface area contributed by atoms with Gasteiger partial charge in [-0.2, -0.15) is 5.10 Å². The van der Waals surface area contributed by atoms with Gasteiger partial charge < -0.3 is 0 Å². The van der Waals surface area contributed by atoms with Crippen LogP contribution in [0.5, 0.6) is 0 Å². The molecule has 56 valence electrons. The van der Waals surface area contributed by atoms with Gasteiger partial charge in [0, 0.05) is 12.2 Å². The Morgan fingerprint density at radius 1 is 1.60 bits per heavy atom. The quantitative estimate of drug-likeness (QED) is 0.685. The second-order valence-electron chi connectivity index (χ2n) is 2.64. The summed E-state index contributed by atoms with van der Waals surface area (Å²) in [6.07, 6.45) is 2.00. The van der Waals surface area contributed by atoms with E-state index in [0.29, 0.717) is 6.04 Å². The van der Waals surface area contributed by atoms with E-state index in [9.17, 15) is 0 Å². The normalized spacial score (nSPS) is 10.9. The van der Waals surface area contributed by atoms with Crippen LogP contribution in [0.15, 0.2) is 10.7 Å². The minimum atomic E-state index is 0.449. The van der Waals surface area contributed by atoms with Gasteiger partial charge in [-0.05, 0) is 36.7 Å². The molecule has 10 heavy (non-hydrogen) atoms. The van der Waals surface area contributed by atoms with E-state index in [4.69, 9.17) is 0 Å². The summed E-state index contributed by atoms with van der Waals surface area (Å²) in [5, 5.41) is 4.28. The van der Waals surface area contributed by atoms with Crippen LogP contribution in [0, 0.1) is 6.92 Å². The number of aryl methyl sites for hydroxylation is 1. The molecule has 0 saturated heterocycles. The standard InChI is InChI=1S/C7H11BrN2/c1-5(2)10-4-7(8)6(3)9-10/h4-5H,1-3H3. The number of hydrogen-bond donors (Lipinski definition) is 0. The van der Waals surface area contributed by atoms with Crippen molar-refractivity contribution in [3.05, 3.63) is 16.4 Å². The predicted molar refractivity (Wildman–Crippen MR) is 45.0 cm³/mol. The molecule has 0 aliphatic heterocycles. The maximum absolute atomic E-state index is 4.28. The third kappa shape index (κ3) is 1.40. The van der Waals surface area contributed by atoms with Crippen LogP contribution in [0.4, 0.5) is 0 Å². The molecule has 0 fully saturated rings. The first-order valence-electron chi connectivity index (χ1n) is 3.32. The molecule has 0 bridgehead atoms. The van der Waals surface area contributed by atoms with Crippen molar-refractivity contribution < 1.29 is 0 Å². The molecule has 0 spiro atoms. The maximum Gasteiger partial charge on any atom is 0.0735 e. The van der Waals surface area contributed by atoms with Gasteiger partial charge in [-0.25, -0.2) is 0 Å². The highest BCUT2D eigenvalue weighted by Crippen LogP contribution is 2.15. The van der Waals surface area contributed by atoms with Crippen molar-refractivity contribution in [3.63, 3.8) is 0 Å². The Bertz CT molecular complexity index is 208. The fraction of sp³-hybridized carbons (Fsp3) is 0.571. The van der Waals surface area contributed by atoms with Crippen LogP contribution >= 0.6 is 15.9 Å². The van der Waals surface area contributed by atoms with E-state index in [1.165, 1.54) is 0 Å². The van der Waals surface area contributed by atoms with Gasteiger partial charge in [0.15, 0.2) is 0 Å². The molecule has 1 aromatic rings. The predicted octanol–water partition coefficient (Wildman–Crippen LogP) is 2.53. The van der Waals surface area contributed by atoms with E-state index in [2.05, 4.69) is 34.9 Å². The molecule has 0 saturated carbocycles. The molecule has 0 atom stereocenters. The zero-order chi connectivity index (χ0) is 7.72. The Morgan fingerprint density at radius 3 is 2.40 bits per heavy atom. The van der Waals surface area contributed by atoms with Gasteiger partial charge in [-0.3, -0.25) is 4.68 Å². The Balaban J connectivity index is 2.98. The second-order valence-corrected chi connectivity index (χ2v) is 3.49. The summed E-state index contributed by atoms with van der Waals surface area (Å²) in [4.78, 5) is 0. The number of nitrogens with zero attached hydrogens (tertiary/aromatic N) is 2. The summed E-state index contributed by atoms with van der Waals surface area (Å²) in [5.74, 6) is 0. The SMILES string of the molecule is Cc1nn(C(C)C)cc1Br. The lowest BCUT2D eigenvalue weighted by Crippen LogP contribution is -2.00. The summed E-state index contributed by atoms with van der Waals surface area (Å²) >= 11 is 3.40. The van der Waals surface area contributed by atoms with Crippen LogP contribution in [0.1, 0.15) is 25.6 Å². The van der Waals surface area contributed by atoms with Crippen LogP contribution in [0.25, 0.3) is 0 Å². The first kappa shape index (κ1) is 7.79. The smallest absolute Gasteiger partial charge is 0.0735 e. The van der Waals surface area contributed by atoms with Gasteiger partial charge in [0.25, 0.3) is 0 Å². The Kier molecular flexibility index (Phi) is 2.14. The van der Waals surface area contributed by atoms with E-state index in [1.54, 1.807) is 0 Å². The van der Waals surface area contributed by atoms with E-state index < -0.39 is 0 Å². The minimum absolute atomic E-state index is 0.449. The molecule has 1 rings (SSSR count). The molecule has 0 N–H and O–H groups in total. The molecule has 0 aromatic carbocycles. The van der Waals surface area contributed by atoms with Crippen LogP contribution in [0.2, 0.25) is 0 Å². The largest absolute Gasteiger partial charge is 0.269 e.